The van der Waals surface area contributed by atoms with Gasteiger partial charge in [0.15, 0.2) is 12.0 Å². The molecule has 0 aliphatic heterocycles. The van der Waals surface area contributed by atoms with Crippen molar-refractivity contribution in [1.29, 1.82) is 0 Å². The number of hydrogen-bond acceptors (Lipinski definition) is 4. The van der Waals surface area contributed by atoms with Gasteiger partial charge in [-0.3, -0.25) is 0 Å². The molecule has 1 aliphatic rings. The van der Waals surface area contributed by atoms with Gasteiger partial charge < -0.3 is 14.8 Å². The number of hydrogen-bond donors (Lipinski definition) is 2. The van der Waals surface area contributed by atoms with Gasteiger partial charge in [0.2, 0.25) is 0 Å². The third kappa shape index (κ3) is 1.81. The third-order valence-corrected chi connectivity index (χ3v) is 2.95. The van der Waals surface area contributed by atoms with E-state index in [1.165, 1.54) is 19.2 Å². The first-order valence-electron chi connectivity index (χ1n) is 5.57. The molecule has 16 heavy (non-hydrogen) atoms. The van der Waals surface area contributed by atoms with Gasteiger partial charge in [0, 0.05) is 6.04 Å². The number of benzene rings is 1. The number of oxazole rings is 1. The van der Waals surface area contributed by atoms with E-state index in [0.717, 1.165) is 16.7 Å². The molecule has 84 valence electrons. The van der Waals surface area contributed by atoms with Crippen molar-refractivity contribution in [1.82, 2.24) is 10.3 Å². The highest BCUT2D eigenvalue weighted by molar-refractivity contribution is 5.72. The van der Waals surface area contributed by atoms with Crippen molar-refractivity contribution in [3.63, 3.8) is 0 Å². The minimum absolute atomic E-state index is 0.00185. The molecule has 0 amide bonds. The lowest BCUT2D eigenvalue weighted by Crippen LogP contribution is -2.26. The summed E-state index contributed by atoms with van der Waals surface area (Å²) in [6.07, 6.45) is 3.86. The lowest BCUT2D eigenvalue weighted by molar-refractivity contribution is 0.243. The van der Waals surface area contributed by atoms with E-state index in [-0.39, 0.29) is 12.6 Å². The van der Waals surface area contributed by atoms with Crippen LogP contribution in [0.4, 0.5) is 0 Å². The number of fused-ring (bicyclic) bond motifs is 1. The molecule has 3 rings (SSSR count). The summed E-state index contributed by atoms with van der Waals surface area (Å²) < 4.78 is 5.25. The van der Waals surface area contributed by atoms with Gasteiger partial charge in [-0.1, -0.05) is 6.07 Å². The van der Waals surface area contributed by atoms with Gasteiger partial charge in [-0.05, 0) is 30.5 Å². The number of aromatic nitrogens is 1. The summed E-state index contributed by atoms with van der Waals surface area (Å²) in [5, 5.41) is 12.8. The maximum absolute atomic E-state index is 9.37. The van der Waals surface area contributed by atoms with E-state index in [2.05, 4.69) is 10.3 Å². The van der Waals surface area contributed by atoms with E-state index in [1.54, 1.807) is 0 Å². The molecule has 1 saturated carbocycles. The predicted molar refractivity (Wildman–Crippen MR) is 60.0 cm³/mol. The van der Waals surface area contributed by atoms with Crippen molar-refractivity contribution in [3.05, 3.63) is 30.2 Å². The number of aliphatic hydroxyl groups is 1. The molecule has 1 fully saturated rings. The molecule has 1 heterocycles. The highest BCUT2D eigenvalue weighted by Gasteiger charge is 2.25. The fraction of sp³-hybridized carbons (Fsp3) is 0.417. The topological polar surface area (TPSA) is 58.3 Å². The second-order valence-corrected chi connectivity index (χ2v) is 4.26. The lowest BCUT2D eigenvalue weighted by atomic mass is 10.1. The van der Waals surface area contributed by atoms with Crippen LogP contribution in [-0.4, -0.2) is 22.7 Å². The van der Waals surface area contributed by atoms with Gasteiger partial charge in [-0.15, -0.1) is 0 Å². The standard InChI is InChI=1S/C12H14N2O2/c15-6-11(14-9-2-3-9)8-1-4-10-12(5-8)16-7-13-10/h1,4-5,7,9,11,14-15H,2-3,6H2. The minimum atomic E-state index is 0.00185. The molecule has 1 aliphatic carbocycles. The molecule has 1 atom stereocenters. The molecule has 0 bridgehead atoms. The first-order valence-corrected chi connectivity index (χ1v) is 5.57. The summed E-state index contributed by atoms with van der Waals surface area (Å²) in [6.45, 7) is 0.107. The van der Waals surface area contributed by atoms with E-state index < -0.39 is 0 Å². The average molecular weight is 218 g/mol. The molecule has 1 aromatic heterocycles. The van der Waals surface area contributed by atoms with Crippen LogP contribution in [0.25, 0.3) is 11.1 Å². The molecule has 2 aromatic rings. The van der Waals surface area contributed by atoms with Crippen molar-refractivity contribution in [3.8, 4) is 0 Å². The summed E-state index contributed by atoms with van der Waals surface area (Å²) in [4.78, 5) is 4.07. The normalized spacial score (nSPS) is 17.8. The quantitative estimate of drug-likeness (QED) is 0.818. The average Bonchev–Trinajstić information content (AvgIpc) is 3.01. The monoisotopic (exact) mass is 218 g/mol. The fourth-order valence-electron chi connectivity index (χ4n) is 1.88. The first-order chi connectivity index (χ1) is 7.86. The first kappa shape index (κ1) is 9.81. The zero-order valence-electron chi connectivity index (χ0n) is 8.89. The van der Waals surface area contributed by atoms with Crippen LogP contribution >= 0.6 is 0 Å². The van der Waals surface area contributed by atoms with Crippen LogP contribution in [0.3, 0.4) is 0 Å². The second-order valence-electron chi connectivity index (χ2n) is 4.26. The summed E-state index contributed by atoms with van der Waals surface area (Å²) in [5.41, 5.74) is 2.68. The van der Waals surface area contributed by atoms with Crippen molar-refractivity contribution in [2.45, 2.75) is 24.9 Å². The Kier molecular flexibility index (Phi) is 2.38. The zero-order valence-corrected chi connectivity index (χ0v) is 8.89. The van der Waals surface area contributed by atoms with Crippen molar-refractivity contribution in [2.24, 2.45) is 0 Å². The Morgan fingerprint density at radius 3 is 3.12 bits per heavy atom. The Bertz CT molecular complexity index is 490. The van der Waals surface area contributed by atoms with E-state index in [1.807, 2.05) is 18.2 Å². The van der Waals surface area contributed by atoms with Crippen molar-refractivity contribution < 1.29 is 9.52 Å². The van der Waals surface area contributed by atoms with E-state index in [0.29, 0.717) is 6.04 Å². The van der Waals surface area contributed by atoms with Gasteiger partial charge in [0.05, 0.1) is 12.6 Å². The predicted octanol–water partition coefficient (Wildman–Crippen LogP) is 1.61. The third-order valence-electron chi connectivity index (χ3n) is 2.95. The maximum Gasteiger partial charge on any atom is 0.181 e. The number of nitrogens with zero attached hydrogens (tertiary/aromatic N) is 1. The Hall–Kier alpha value is -1.39. The van der Waals surface area contributed by atoms with Gasteiger partial charge >= 0.3 is 0 Å². The van der Waals surface area contributed by atoms with Crippen molar-refractivity contribution in [2.75, 3.05) is 6.61 Å². The Labute approximate surface area is 93.3 Å². The molecule has 4 heteroatoms. The van der Waals surface area contributed by atoms with Gasteiger partial charge in [-0.2, -0.15) is 0 Å². The molecule has 4 nitrogen and oxygen atoms in total. The van der Waals surface area contributed by atoms with Gasteiger partial charge in [0.1, 0.15) is 5.52 Å². The van der Waals surface area contributed by atoms with Crippen LogP contribution in [0.5, 0.6) is 0 Å². The molecule has 1 unspecified atom stereocenters. The number of rotatable bonds is 4. The van der Waals surface area contributed by atoms with Crippen LogP contribution in [-0.2, 0) is 0 Å². The molecule has 0 spiro atoms. The molecule has 1 aromatic carbocycles. The lowest BCUT2D eigenvalue weighted by Gasteiger charge is -2.15. The SMILES string of the molecule is OCC(NC1CC1)c1ccc2ncoc2c1. The molecular formula is C12H14N2O2. The molecular weight excluding hydrogens is 204 g/mol. The molecule has 0 radical (unpaired) electrons. The summed E-state index contributed by atoms with van der Waals surface area (Å²) in [7, 11) is 0. The second kappa shape index (κ2) is 3.88. The summed E-state index contributed by atoms with van der Waals surface area (Å²) in [6, 6.07) is 6.43. The van der Waals surface area contributed by atoms with Gasteiger partial charge in [0.25, 0.3) is 0 Å². The van der Waals surface area contributed by atoms with Crippen LogP contribution in [0.2, 0.25) is 0 Å². The number of aliphatic hydroxyl groups excluding tert-OH is 1. The van der Waals surface area contributed by atoms with E-state index in [9.17, 15) is 5.11 Å². The zero-order chi connectivity index (χ0) is 11.0. The summed E-state index contributed by atoms with van der Waals surface area (Å²) in [5.74, 6) is 0. The van der Waals surface area contributed by atoms with E-state index in [4.69, 9.17) is 4.42 Å². The Balaban J connectivity index is 1.89. The van der Waals surface area contributed by atoms with Crippen LogP contribution in [0.1, 0.15) is 24.4 Å². The van der Waals surface area contributed by atoms with Crippen LogP contribution in [0, 0.1) is 0 Å². The van der Waals surface area contributed by atoms with Crippen molar-refractivity contribution >= 4 is 11.1 Å². The fourth-order valence-corrected chi connectivity index (χ4v) is 1.88. The summed E-state index contributed by atoms with van der Waals surface area (Å²) >= 11 is 0. The minimum Gasteiger partial charge on any atom is -0.443 e. The highest BCUT2D eigenvalue weighted by atomic mass is 16.3. The largest absolute Gasteiger partial charge is 0.443 e. The highest BCUT2D eigenvalue weighted by Crippen LogP contribution is 2.25. The maximum atomic E-state index is 9.37. The van der Waals surface area contributed by atoms with E-state index >= 15 is 0 Å². The Morgan fingerprint density at radius 1 is 1.50 bits per heavy atom. The van der Waals surface area contributed by atoms with Crippen LogP contribution in [0.15, 0.2) is 29.0 Å². The van der Waals surface area contributed by atoms with Crippen LogP contribution < -0.4 is 5.32 Å². The smallest absolute Gasteiger partial charge is 0.181 e. The molecule has 0 saturated heterocycles. The van der Waals surface area contributed by atoms with Gasteiger partial charge in [-0.25, -0.2) is 4.98 Å². The Morgan fingerprint density at radius 2 is 2.38 bits per heavy atom. The number of nitrogens with one attached hydrogen (secondary N) is 1. The molecule has 2 N–H and O–H groups in total.